The largest absolute Gasteiger partial charge is 0.349 e. The lowest BCUT2D eigenvalue weighted by molar-refractivity contribution is 0.566. The van der Waals surface area contributed by atoms with Gasteiger partial charge in [0.1, 0.15) is 11.6 Å². The second kappa shape index (κ2) is 5.97. The SMILES string of the molecule is CC(C)NCc1ccn(Cc2ccc(F)cc2F)c1. The minimum atomic E-state index is -0.546. The van der Waals surface area contributed by atoms with E-state index in [4.69, 9.17) is 0 Å². The first-order valence-corrected chi connectivity index (χ1v) is 6.36. The average Bonchev–Trinajstić information content (AvgIpc) is 2.78. The Bertz CT molecular complexity index is 547. The van der Waals surface area contributed by atoms with Gasteiger partial charge in [0.25, 0.3) is 0 Å². The molecule has 4 heteroatoms. The van der Waals surface area contributed by atoms with Crippen molar-refractivity contribution in [2.75, 3.05) is 0 Å². The van der Waals surface area contributed by atoms with Crippen molar-refractivity contribution in [3.05, 3.63) is 59.4 Å². The van der Waals surface area contributed by atoms with E-state index in [0.717, 1.165) is 18.2 Å². The summed E-state index contributed by atoms with van der Waals surface area (Å²) in [6.45, 7) is 5.38. The first-order valence-electron chi connectivity index (χ1n) is 6.36. The minimum Gasteiger partial charge on any atom is -0.349 e. The van der Waals surface area contributed by atoms with E-state index in [0.29, 0.717) is 18.2 Å². The van der Waals surface area contributed by atoms with Crippen LogP contribution in [-0.2, 0) is 13.1 Å². The Balaban J connectivity index is 2.03. The summed E-state index contributed by atoms with van der Waals surface area (Å²) in [6.07, 6.45) is 3.87. The molecule has 102 valence electrons. The van der Waals surface area contributed by atoms with Crippen LogP contribution >= 0.6 is 0 Å². The van der Waals surface area contributed by atoms with Gasteiger partial charge in [0.05, 0.1) is 0 Å². The molecule has 2 aromatic rings. The van der Waals surface area contributed by atoms with E-state index < -0.39 is 11.6 Å². The lowest BCUT2D eigenvalue weighted by Gasteiger charge is -2.06. The van der Waals surface area contributed by atoms with Crippen LogP contribution in [0.15, 0.2) is 36.7 Å². The standard InChI is InChI=1S/C15H18F2N2/c1-11(2)18-8-12-5-6-19(9-12)10-13-3-4-14(16)7-15(13)17/h3-7,9,11,18H,8,10H2,1-2H3. The van der Waals surface area contributed by atoms with Crippen LogP contribution in [0.2, 0.25) is 0 Å². The summed E-state index contributed by atoms with van der Waals surface area (Å²) in [4.78, 5) is 0. The van der Waals surface area contributed by atoms with Crippen molar-refractivity contribution in [2.24, 2.45) is 0 Å². The Morgan fingerprint density at radius 1 is 1.21 bits per heavy atom. The molecule has 0 saturated carbocycles. The molecule has 0 aliphatic heterocycles. The molecule has 1 N–H and O–H groups in total. The lowest BCUT2D eigenvalue weighted by Crippen LogP contribution is -2.21. The summed E-state index contributed by atoms with van der Waals surface area (Å²) < 4.78 is 28.2. The molecule has 1 heterocycles. The Kier molecular flexibility index (Phi) is 4.32. The number of nitrogens with one attached hydrogen (secondary N) is 1. The van der Waals surface area contributed by atoms with Crippen LogP contribution in [0.4, 0.5) is 8.78 Å². The molecule has 19 heavy (non-hydrogen) atoms. The zero-order chi connectivity index (χ0) is 13.8. The van der Waals surface area contributed by atoms with Gasteiger partial charge in [-0.15, -0.1) is 0 Å². The number of hydrogen-bond acceptors (Lipinski definition) is 1. The second-order valence-electron chi connectivity index (χ2n) is 4.96. The third-order valence-corrected chi connectivity index (χ3v) is 2.89. The average molecular weight is 264 g/mol. The minimum absolute atomic E-state index is 0.411. The zero-order valence-corrected chi connectivity index (χ0v) is 11.2. The third-order valence-electron chi connectivity index (χ3n) is 2.89. The summed E-state index contributed by atoms with van der Waals surface area (Å²) in [7, 11) is 0. The summed E-state index contributed by atoms with van der Waals surface area (Å²) in [5.74, 6) is -1.05. The predicted molar refractivity (Wildman–Crippen MR) is 71.9 cm³/mol. The van der Waals surface area contributed by atoms with Gasteiger partial charge in [-0.3, -0.25) is 0 Å². The van der Waals surface area contributed by atoms with E-state index >= 15 is 0 Å². The number of benzene rings is 1. The van der Waals surface area contributed by atoms with Crippen molar-refractivity contribution in [3.8, 4) is 0 Å². The maximum absolute atomic E-state index is 13.5. The molecule has 0 atom stereocenters. The van der Waals surface area contributed by atoms with Crippen LogP contribution in [0.5, 0.6) is 0 Å². The molecule has 0 spiro atoms. The molecule has 0 fully saturated rings. The summed E-state index contributed by atoms with van der Waals surface area (Å²) in [5, 5.41) is 3.32. The third kappa shape index (κ3) is 3.89. The number of halogens is 2. The molecule has 1 aromatic heterocycles. The molecule has 2 nitrogen and oxygen atoms in total. The van der Waals surface area contributed by atoms with E-state index in [1.165, 1.54) is 12.1 Å². The number of rotatable bonds is 5. The van der Waals surface area contributed by atoms with Crippen molar-refractivity contribution in [3.63, 3.8) is 0 Å². The summed E-state index contributed by atoms with van der Waals surface area (Å²) >= 11 is 0. The fourth-order valence-electron chi connectivity index (χ4n) is 1.86. The molecule has 0 saturated heterocycles. The highest BCUT2D eigenvalue weighted by molar-refractivity contribution is 5.20. The van der Waals surface area contributed by atoms with Crippen LogP contribution < -0.4 is 5.32 Å². The Morgan fingerprint density at radius 2 is 2.00 bits per heavy atom. The van der Waals surface area contributed by atoms with E-state index in [2.05, 4.69) is 19.2 Å². The van der Waals surface area contributed by atoms with Crippen molar-refractivity contribution < 1.29 is 8.78 Å². The fourth-order valence-corrected chi connectivity index (χ4v) is 1.86. The molecule has 0 unspecified atom stereocenters. The molecule has 0 bridgehead atoms. The Morgan fingerprint density at radius 3 is 2.68 bits per heavy atom. The number of nitrogens with zero attached hydrogens (tertiary/aromatic N) is 1. The normalized spacial score (nSPS) is 11.2. The van der Waals surface area contributed by atoms with Crippen LogP contribution in [0, 0.1) is 11.6 Å². The van der Waals surface area contributed by atoms with Crippen LogP contribution in [-0.4, -0.2) is 10.6 Å². The highest BCUT2D eigenvalue weighted by Gasteiger charge is 2.05. The first kappa shape index (κ1) is 13.7. The molecular weight excluding hydrogens is 246 g/mol. The molecule has 2 rings (SSSR count). The smallest absolute Gasteiger partial charge is 0.131 e. The van der Waals surface area contributed by atoms with Crippen molar-refractivity contribution >= 4 is 0 Å². The second-order valence-corrected chi connectivity index (χ2v) is 4.96. The monoisotopic (exact) mass is 264 g/mol. The van der Waals surface area contributed by atoms with E-state index in [1.54, 1.807) is 0 Å². The summed E-state index contributed by atoms with van der Waals surface area (Å²) in [5.41, 5.74) is 1.64. The topological polar surface area (TPSA) is 17.0 Å². The van der Waals surface area contributed by atoms with Gasteiger partial charge in [-0.1, -0.05) is 19.9 Å². The highest BCUT2D eigenvalue weighted by atomic mass is 19.1. The van der Waals surface area contributed by atoms with Crippen molar-refractivity contribution in [1.82, 2.24) is 9.88 Å². The fraction of sp³-hybridized carbons (Fsp3) is 0.333. The lowest BCUT2D eigenvalue weighted by atomic mass is 10.2. The Labute approximate surface area is 112 Å². The van der Waals surface area contributed by atoms with E-state index in [1.807, 2.05) is 23.0 Å². The van der Waals surface area contributed by atoms with Crippen molar-refractivity contribution in [1.29, 1.82) is 0 Å². The molecule has 0 radical (unpaired) electrons. The van der Waals surface area contributed by atoms with Crippen LogP contribution in [0.1, 0.15) is 25.0 Å². The van der Waals surface area contributed by atoms with Crippen LogP contribution in [0.25, 0.3) is 0 Å². The van der Waals surface area contributed by atoms with Gasteiger partial charge in [-0.2, -0.15) is 0 Å². The van der Waals surface area contributed by atoms with E-state index in [-0.39, 0.29) is 0 Å². The molecule has 0 aliphatic carbocycles. The maximum Gasteiger partial charge on any atom is 0.131 e. The predicted octanol–water partition coefficient (Wildman–Crippen LogP) is 3.31. The van der Waals surface area contributed by atoms with Gasteiger partial charge in [0, 0.05) is 43.2 Å². The Hall–Kier alpha value is -1.68. The maximum atomic E-state index is 13.5. The number of aromatic nitrogens is 1. The van der Waals surface area contributed by atoms with Gasteiger partial charge in [-0.05, 0) is 17.7 Å². The van der Waals surface area contributed by atoms with E-state index in [9.17, 15) is 8.78 Å². The quantitative estimate of drug-likeness (QED) is 0.876. The molecule has 1 aromatic carbocycles. The van der Waals surface area contributed by atoms with Crippen LogP contribution in [0.3, 0.4) is 0 Å². The van der Waals surface area contributed by atoms with Gasteiger partial charge in [0.15, 0.2) is 0 Å². The van der Waals surface area contributed by atoms with Gasteiger partial charge in [0.2, 0.25) is 0 Å². The van der Waals surface area contributed by atoms with Gasteiger partial charge >= 0.3 is 0 Å². The number of hydrogen-bond donors (Lipinski definition) is 1. The zero-order valence-electron chi connectivity index (χ0n) is 11.2. The molecule has 0 amide bonds. The molecule has 0 aliphatic rings. The van der Waals surface area contributed by atoms with Gasteiger partial charge < -0.3 is 9.88 Å². The summed E-state index contributed by atoms with van der Waals surface area (Å²) in [6, 6.07) is 6.11. The van der Waals surface area contributed by atoms with Gasteiger partial charge in [-0.25, -0.2) is 8.78 Å². The first-order chi connectivity index (χ1) is 9.04. The van der Waals surface area contributed by atoms with Crippen molar-refractivity contribution in [2.45, 2.75) is 33.0 Å². The highest BCUT2D eigenvalue weighted by Crippen LogP contribution is 2.12. The molecular formula is C15H18F2N2.